The molecule has 3 aliphatic rings. The normalized spacial score (nSPS) is 31.6. The third-order valence-corrected chi connectivity index (χ3v) is 7.07. The van der Waals surface area contributed by atoms with Gasteiger partial charge in [-0.15, -0.1) is 11.3 Å². The van der Waals surface area contributed by atoms with E-state index in [9.17, 15) is 0 Å². The summed E-state index contributed by atoms with van der Waals surface area (Å²) in [5, 5.41) is 3.92. The number of ether oxygens (including phenoxy) is 1. The summed E-state index contributed by atoms with van der Waals surface area (Å²) in [6.45, 7) is 4.60. The van der Waals surface area contributed by atoms with Crippen molar-refractivity contribution >= 4 is 49.8 Å². The van der Waals surface area contributed by atoms with Gasteiger partial charge in [0.1, 0.15) is 15.6 Å². The Labute approximate surface area is 147 Å². The van der Waals surface area contributed by atoms with Crippen molar-refractivity contribution in [1.82, 2.24) is 9.88 Å². The van der Waals surface area contributed by atoms with Gasteiger partial charge in [0.15, 0.2) is 5.13 Å². The molecule has 2 atom stereocenters. The lowest BCUT2D eigenvalue weighted by molar-refractivity contribution is 0.0595. The first kappa shape index (κ1) is 15.1. The maximum Gasteiger partial charge on any atom is 0.188 e. The molecular weight excluding hydrogens is 388 g/mol. The van der Waals surface area contributed by atoms with E-state index in [1.807, 2.05) is 11.9 Å². The lowest BCUT2D eigenvalue weighted by Gasteiger charge is -2.42. The highest BCUT2D eigenvalue weighted by Gasteiger charge is 2.47. The molecule has 3 aliphatic heterocycles. The summed E-state index contributed by atoms with van der Waals surface area (Å²) in [5.41, 5.74) is 0.0879. The number of rotatable bonds is 2. The third kappa shape index (κ3) is 2.17. The number of hydrogen-bond acceptors (Lipinski definition) is 6. The van der Waals surface area contributed by atoms with E-state index >= 15 is 0 Å². The predicted molar refractivity (Wildman–Crippen MR) is 93.8 cm³/mol. The Morgan fingerprint density at radius 1 is 1.55 bits per heavy atom. The van der Waals surface area contributed by atoms with Gasteiger partial charge in [0.2, 0.25) is 0 Å². The van der Waals surface area contributed by atoms with Crippen LogP contribution in [0.5, 0.6) is 0 Å². The lowest BCUT2D eigenvalue weighted by atomic mass is 10.0. The van der Waals surface area contributed by atoms with E-state index in [4.69, 9.17) is 21.3 Å². The minimum Gasteiger partial charge on any atom is -0.377 e. The molecule has 0 spiro atoms. The zero-order valence-corrected chi connectivity index (χ0v) is 15.7. The van der Waals surface area contributed by atoms with Crippen LogP contribution in [0, 0.1) is 0 Å². The molecule has 0 saturated carbocycles. The molecule has 5 nitrogen and oxygen atoms in total. The highest BCUT2D eigenvalue weighted by atomic mass is 79.9. The molecule has 1 aromatic rings. The van der Waals surface area contributed by atoms with Gasteiger partial charge in [0.25, 0.3) is 0 Å². The average molecular weight is 406 g/mol. The van der Waals surface area contributed by atoms with E-state index < -0.39 is 0 Å². The number of anilines is 2. The molecule has 120 valence electrons. The number of thiazole rings is 1. The van der Waals surface area contributed by atoms with Crippen LogP contribution in [0.3, 0.4) is 0 Å². The third-order valence-electron chi connectivity index (χ3n) is 4.74. The van der Waals surface area contributed by atoms with E-state index in [1.165, 1.54) is 12.8 Å². The first-order valence-electron chi connectivity index (χ1n) is 7.36. The molecule has 0 unspecified atom stereocenters. The van der Waals surface area contributed by atoms with Gasteiger partial charge in [0, 0.05) is 12.4 Å². The van der Waals surface area contributed by atoms with Crippen LogP contribution in [0.25, 0.3) is 0 Å². The molecule has 2 saturated heterocycles. The second-order valence-electron chi connectivity index (χ2n) is 6.41. The van der Waals surface area contributed by atoms with E-state index in [2.05, 4.69) is 38.0 Å². The summed E-state index contributed by atoms with van der Waals surface area (Å²) < 4.78 is 6.63. The standard InChI is InChI=1S/C14H18BrClN4OS/c1-14-4-3-9(5-21-7-14)20(14)13-17-10(6-22-13)19-8-18(2)12(16)11(19)15/h6,9H,3-5,7-8H2,1-2H3/t9-,14+/m1/s1. The fourth-order valence-corrected chi connectivity index (χ4v) is 5.31. The Balaban J connectivity index is 1.63. The second-order valence-corrected chi connectivity index (χ2v) is 8.36. The van der Waals surface area contributed by atoms with Crippen molar-refractivity contribution in [3.63, 3.8) is 0 Å². The summed E-state index contributed by atoms with van der Waals surface area (Å²) in [5.74, 6) is 0.948. The summed E-state index contributed by atoms with van der Waals surface area (Å²) in [4.78, 5) is 11.4. The van der Waals surface area contributed by atoms with Crippen molar-refractivity contribution < 1.29 is 4.74 Å². The smallest absolute Gasteiger partial charge is 0.188 e. The summed E-state index contributed by atoms with van der Waals surface area (Å²) in [7, 11) is 1.97. The largest absolute Gasteiger partial charge is 0.377 e. The molecule has 0 aromatic carbocycles. The fourth-order valence-electron chi connectivity index (χ4n) is 3.54. The highest BCUT2D eigenvalue weighted by Crippen LogP contribution is 2.44. The summed E-state index contributed by atoms with van der Waals surface area (Å²) in [6, 6.07) is 0.460. The van der Waals surface area contributed by atoms with Crippen LogP contribution in [0.15, 0.2) is 15.1 Å². The van der Waals surface area contributed by atoms with Gasteiger partial charge in [0.05, 0.1) is 31.5 Å². The molecule has 4 rings (SSSR count). The molecule has 0 aliphatic carbocycles. The van der Waals surface area contributed by atoms with Crippen LogP contribution >= 0.6 is 38.9 Å². The van der Waals surface area contributed by atoms with Crippen molar-refractivity contribution in [2.45, 2.75) is 31.3 Å². The van der Waals surface area contributed by atoms with E-state index in [1.54, 1.807) is 11.3 Å². The van der Waals surface area contributed by atoms with Crippen LogP contribution in [-0.2, 0) is 4.74 Å². The average Bonchev–Trinajstić information content (AvgIpc) is 3.10. The number of aromatic nitrogens is 1. The van der Waals surface area contributed by atoms with Gasteiger partial charge in [-0.3, -0.25) is 4.90 Å². The predicted octanol–water partition coefficient (Wildman–Crippen LogP) is 3.37. The molecule has 1 aromatic heterocycles. The van der Waals surface area contributed by atoms with Crippen molar-refractivity contribution in [2.75, 3.05) is 36.7 Å². The van der Waals surface area contributed by atoms with Crippen LogP contribution in [0.2, 0.25) is 0 Å². The van der Waals surface area contributed by atoms with Crippen LogP contribution in [0.1, 0.15) is 19.8 Å². The van der Waals surface area contributed by atoms with Crippen molar-refractivity contribution in [3.8, 4) is 0 Å². The van der Waals surface area contributed by atoms with E-state index in [0.29, 0.717) is 17.9 Å². The Bertz CT molecular complexity index is 634. The zero-order valence-electron chi connectivity index (χ0n) is 12.6. The molecule has 8 heteroatoms. The fraction of sp³-hybridized carbons (Fsp3) is 0.643. The summed E-state index contributed by atoms with van der Waals surface area (Å²) >= 11 is 11.5. The number of halogens is 2. The maximum absolute atomic E-state index is 6.26. The van der Waals surface area contributed by atoms with Crippen molar-refractivity contribution in [1.29, 1.82) is 0 Å². The Hall–Kier alpha value is -0.500. The molecule has 4 heterocycles. The zero-order chi connectivity index (χ0) is 15.5. The molecule has 0 amide bonds. The van der Waals surface area contributed by atoms with E-state index in [-0.39, 0.29) is 5.54 Å². The van der Waals surface area contributed by atoms with Gasteiger partial charge in [-0.1, -0.05) is 11.6 Å². The number of fused-ring (bicyclic) bond motifs is 2. The molecule has 2 fully saturated rings. The molecule has 2 bridgehead atoms. The number of morpholine rings is 1. The lowest BCUT2D eigenvalue weighted by Crippen LogP contribution is -2.54. The monoisotopic (exact) mass is 404 g/mol. The minimum absolute atomic E-state index is 0.0879. The van der Waals surface area contributed by atoms with Crippen molar-refractivity contribution in [3.05, 3.63) is 15.1 Å². The van der Waals surface area contributed by atoms with Crippen LogP contribution in [-0.4, -0.2) is 48.4 Å². The molecule has 22 heavy (non-hydrogen) atoms. The van der Waals surface area contributed by atoms with Crippen molar-refractivity contribution in [2.24, 2.45) is 0 Å². The Morgan fingerprint density at radius 2 is 2.36 bits per heavy atom. The van der Waals surface area contributed by atoms with Crippen LogP contribution < -0.4 is 9.80 Å². The maximum atomic E-state index is 6.26. The first-order chi connectivity index (χ1) is 10.5. The van der Waals surface area contributed by atoms with E-state index in [0.717, 1.165) is 28.8 Å². The highest BCUT2D eigenvalue weighted by molar-refractivity contribution is 9.11. The Morgan fingerprint density at radius 3 is 3.05 bits per heavy atom. The molecule has 0 N–H and O–H groups in total. The van der Waals surface area contributed by atoms with Gasteiger partial charge >= 0.3 is 0 Å². The molecular formula is C14H18BrClN4OS. The minimum atomic E-state index is 0.0879. The van der Waals surface area contributed by atoms with Gasteiger partial charge in [-0.2, -0.15) is 0 Å². The topological polar surface area (TPSA) is 31.8 Å². The first-order valence-corrected chi connectivity index (χ1v) is 9.41. The summed E-state index contributed by atoms with van der Waals surface area (Å²) in [6.07, 6.45) is 2.36. The Kier molecular flexibility index (Phi) is 3.60. The van der Waals surface area contributed by atoms with Crippen LogP contribution in [0.4, 0.5) is 10.9 Å². The quantitative estimate of drug-likeness (QED) is 0.704. The number of nitrogens with zero attached hydrogens (tertiary/aromatic N) is 4. The van der Waals surface area contributed by atoms with Gasteiger partial charge in [-0.25, -0.2) is 4.98 Å². The second kappa shape index (κ2) is 5.26. The number of hydrogen-bond donors (Lipinski definition) is 0. The van der Waals surface area contributed by atoms with Gasteiger partial charge in [-0.05, 0) is 35.7 Å². The SMILES string of the molecule is CN1CN(c2csc(N3[C@@H]4CC[C@@]3(C)COC4)n2)C(Br)=C1Cl. The molecule has 0 radical (unpaired) electrons. The van der Waals surface area contributed by atoms with Gasteiger partial charge < -0.3 is 14.5 Å².